The van der Waals surface area contributed by atoms with Crippen molar-refractivity contribution in [2.75, 3.05) is 13.1 Å². The largest absolute Gasteiger partial charge is 0.347 e. The normalized spacial score (nSPS) is 16.7. The number of benzene rings is 2. The number of carbonyl (C=O) groups is 2. The predicted octanol–water partition coefficient (Wildman–Crippen LogP) is 3.21. The van der Waals surface area contributed by atoms with Crippen molar-refractivity contribution in [3.8, 4) is 0 Å². The number of carbonyl (C=O) groups excluding carboxylic acids is 2. The number of hydrogen-bond donors (Lipinski definition) is 1. The lowest BCUT2D eigenvalue weighted by molar-refractivity contribution is -0.127. The molecule has 1 aliphatic rings. The summed E-state index contributed by atoms with van der Waals surface area (Å²) in [6.07, 6.45) is 3.12. The minimum Gasteiger partial charge on any atom is -0.347 e. The highest BCUT2D eigenvalue weighted by atomic mass is 16.2. The van der Waals surface area contributed by atoms with Gasteiger partial charge in [-0.1, -0.05) is 55.5 Å². The van der Waals surface area contributed by atoms with E-state index in [2.05, 4.69) is 17.4 Å². The Morgan fingerprint density at radius 3 is 2.62 bits per heavy atom. The van der Waals surface area contributed by atoms with Gasteiger partial charge >= 0.3 is 0 Å². The topological polar surface area (TPSA) is 49.4 Å². The third-order valence-electron chi connectivity index (χ3n) is 4.93. The first-order valence-corrected chi connectivity index (χ1v) is 9.38. The fraction of sp³-hybridized carbons (Fsp3) is 0.364. The van der Waals surface area contributed by atoms with E-state index in [9.17, 15) is 9.59 Å². The van der Waals surface area contributed by atoms with Crippen molar-refractivity contribution >= 4 is 11.8 Å². The van der Waals surface area contributed by atoms with Gasteiger partial charge in [0.05, 0.1) is 6.04 Å². The number of aryl methyl sites for hydroxylation is 2. The lowest BCUT2D eigenvalue weighted by Crippen LogP contribution is -2.37. The molecule has 0 bridgehead atoms. The van der Waals surface area contributed by atoms with Gasteiger partial charge in [0.15, 0.2) is 0 Å². The molecule has 1 heterocycles. The third kappa shape index (κ3) is 4.51. The second-order valence-corrected chi connectivity index (χ2v) is 6.81. The molecule has 1 N–H and O–H groups in total. The van der Waals surface area contributed by atoms with Gasteiger partial charge in [-0.3, -0.25) is 9.59 Å². The molecule has 136 valence electrons. The SMILES string of the molecule is CCc1ccccc1C(=O)N[C@H]1CC(=O)N(CCCc2ccccc2)C1. The van der Waals surface area contributed by atoms with Crippen LogP contribution in [0.4, 0.5) is 0 Å². The van der Waals surface area contributed by atoms with E-state index in [1.165, 1.54) is 5.56 Å². The van der Waals surface area contributed by atoms with Crippen LogP contribution >= 0.6 is 0 Å². The van der Waals surface area contributed by atoms with Crippen molar-refractivity contribution in [2.24, 2.45) is 0 Å². The van der Waals surface area contributed by atoms with Gasteiger partial charge in [-0.25, -0.2) is 0 Å². The number of rotatable bonds is 7. The minimum atomic E-state index is -0.100. The Morgan fingerprint density at radius 1 is 1.12 bits per heavy atom. The number of amides is 2. The summed E-state index contributed by atoms with van der Waals surface area (Å²) < 4.78 is 0. The second-order valence-electron chi connectivity index (χ2n) is 6.81. The molecule has 3 rings (SSSR count). The summed E-state index contributed by atoms with van der Waals surface area (Å²) in [5.41, 5.74) is 3.04. The molecule has 2 aromatic carbocycles. The van der Waals surface area contributed by atoms with E-state index in [-0.39, 0.29) is 17.9 Å². The third-order valence-corrected chi connectivity index (χ3v) is 4.93. The molecular weight excluding hydrogens is 324 g/mol. The average molecular weight is 350 g/mol. The first-order chi connectivity index (χ1) is 12.7. The van der Waals surface area contributed by atoms with Crippen LogP contribution in [-0.2, 0) is 17.6 Å². The maximum Gasteiger partial charge on any atom is 0.251 e. The summed E-state index contributed by atoms with van der Waals surface area (Å²) in [6, 6.07) is 17.9. The highest BCUT2D eigenvalue weighted by molar-refractivity contribution is 5.96. The maximum atomic E-state index is 12.6. The van der Waals surface area contributed by atoms with Crippen LogP contribution in [0.3, 0.4) is 0 Å². The molecule has 2 aromatic rings. The van der Waals surface area contributed by atoms with Crippen LogP contribution in [0.25, 0.3) is 0 Å². The Balaban J connectivity index is 1.50. The highest BCUT2D eigenvalue weighted by Crippen LogP contribution is 2.15. The van der Waals surface area contributed by atoms with Gasteiger partial charge in [-0.05, 0) is 36.5 Å². The summed E-state index contributed by atoms with van der Waals surface area (Å²) in [4.78, 5) is 26.7. The summed E-state index contributed by atoms with van der Waals surface area (Å²) in [5.74, 6) is 0.0542. The predicted molar refractivity (Wildman–Crippen MR) is 103 cm³/mol. The molecule has 0 aliphatic carbocycles. The van der Waals surface area contributed by atoms with Crippen LogP contribution in [0, 0.1) is 0 Å². The van der Waals surface area contributed by atoms with Crippen molar-refractivity contribution in [3.63, 3.8) is 0 Å². The van der Waals surface area contributed by atoms with E-state index in [1.807, 2.05) is 54.3 Å². The van der Waals surface area contributed by atoms with Gasteiger partial charge in [0.2, 0.25) is 5.91 Å². The van der Waals surface area contributed by atoms with E-state index in [0.29, 0.717) is 18.5 Å². The lowest BCUT2D eigenvalue weighted by atomic mass is 10.0. The molecule has 0 radical (unpaired) electrons. The highest BCUT2D eigenvalue weighted by Gasteiger charge is 2.30. The minimum absolute atomic E-state index is 0.0774. The summed E-state index contributed by atoms with van der Waals surface area (Å²) in [5, 5.41) is 3.04. The average Bonchev–Trinajstić information content (AvgIpc) is 3.01. The Labute approximate surface area is 155 Å². The Morgan fingerprint density at radius 2 is 1.85 bits per heavy atom. The first kappa shape index (κ1) is 18.2. The van der Waals surface area contributed by atoms with E-state index >= 15 is 0 Å². The van der Waals surface area contributed by atoms with Crippen LogP contribution in [-0.4, -0.2) is 35.8 Å². The zero-order chi connectivity index (χ0) is 18.4. The molecule has 26 heavy (non-hydrogen) atoms. The molecule has 4 nitrogen and oxygen atoms in total. The van der Waals surface area contributed by atoms with Crippen molar-refractivity contribution < 1.29 is 9.59 Å². The van der Waals surface area contributed by atoms with Crippen molar-refractivity contribution in [3.05, 3.63) is 71.3 Å². The molecule has 1 atom stereocenters. The fourth-order valence-corrected chi connectivity index (χ4v) is 3.52. The maximum absolute atomic E-state index is 12.6. The van der Waals surface area contributed by atoms with Crippen LogP contribution in [0.2, 0.25) is 0 Å². The Bertz CT molecular complexity index is 758. The molecule has 1 aliphatic heterocycles. The quantitative estimate of drug-likeness (QED) is 0.833. The first-order valence-electron chi connectivity index (χ1n) is 9.38. The molecule has 0 unspecified atom stereocenters. The molecule has 0 saturated carbocycles. The van der Waals surface area contributed by atoms with E-state index in [4.69, 9.17) is 0 Å². The molecule has 0 spiro atoms. The summed E-state index contributed by atoms with van der Waals surface area (Å²) in [7, 11) is 0. The van der Waals surface area contributed by atoms with Crippen molar-refractivity contribution in [2.45, 2.75) is 38.6 Å². The van der Waals surface area contributed by atoms with Crippen molar-refractivity contribution in [1.29, 1.82) is 0 Å². The molecule has 2 amide bonds. The van der Waals surface area contributed by atoms with Gasteiger partial charge < -0.3 is 10.2 Å². The molecule has 4 heteroatoms. The van der Waals surface area contributed by atoms with Gasteiger partial charge in [0.1, 0.15) is 0 Å². The Hall–Kier alpha value is -2.62. The van der Waals surface area contributed by atoms with E-state index < -0.39 is 0 Å². The van der Waals surface area contributed by atoms with Crippen LogP contribution in [0.15, 0.2) is 54.6 Å². The Kier molecular flexibility index (Phi) is 6.05. The van der Waals surface area contributed by atoms with Crippen molar-refractivity contribution in [1.82, 2.24) is 10.2 Å². The standard InChI is InChI=1S/C22H26N2O2/c1-2-18-12-6-7-13-20(18)22(26)23-19-15-21(25)24(16-19)14-8-11-17-9-4-3-5-10-17/h3-7,9-10,12-13,19H,2,8,11,14-16H2,1H3,(H,23,26)/t19-/m0/s1. The monoisotopic (exact) mass is 350 g/mol. The fourth-order valence-electron chi connectivity index (χ4n) is 3.52. The summed E-state index contributed by atoms with van der Waals surface area (Å²) >= 11 is 0. The smallest absolute Gasteiger partial charge is 0.251 e. The molecule has 1 fully saturated rings. The van der Waals surface area contributed by atoms with Gasteiger partial charge in [-0.2, -0.15) is 0 Å². The zero-order valence-electron chi connectivity index (χ0n) is 15.3. The lowest BCUT2D eigenvalue weighted by Gasteiger charge is -2.17. The molecular formula is C22H26N2O2. The zero-order valence-corrected chi connectivity index (χ0v) is 15.3. The summed E-state index contributed by atoms with van der Waals surface area (Å²) in [6.45, 7) is 3.39. The van der Waals surface area contributed by atoms with Crippen LogP contribution < -0.4 is 5.32 Å². The number of likely N-dealkylation sites (tertiary alicyclic amines) is 1. The van der Waals surface area contributed by atoms with Gasteiger partial charge in [0, 0.05) is 25.1 Å². The number of nitrogens with one attached hydrogen (secondary N) is 1. The van der Waals surface area contributed by atoms with Crippen LogP contribution in [0.1, 0.15) is 41.3 Å². The van der Waals surface area contributed by atoms with Gasteiger partial charge in [0.25, 0.3) is 5.91 Å². The van der Waals surface area contributed by atoms with E-state index in [0.717, 1.165) is 31.4 Å². The molecule has 1 saturated heterocycles. The number of hydrogen-bond acceptors (Lipinski definition) is 2. The van der Waals surface area contributed by atoms with Crippen LogP contribution in [0.5, 0.6) is 0 Å². The number of nitrogens with zero attached hydrogens (tertiary/aromatic N) is 1. The van der Waals surface area contributed by atoms with E-state index in [1.54, 1.807) is 0 Å². The molecule has 0 aromatic heterocycles. The van der Waals surface area contributed by atoms with Gasteiger partial charge in [-0.15, -0.1) is 0 Å². The second kappa shape index (κ2) is 8.65.